The molecule has 0 aliphatic heterocycles. The zero-order valence-corrected chi connectivity index (χ0v) is 11.9. The van der Waals surface area contributed by atoms with Crippen molar-refractivity contribution in [1.29, 1.82) is 0 Å². The molecule has 0 aliphatic carbocycles. The number of nitrogens with two attached hydrogens (primary N) is 1. The van der Waals surface area contributed by atoms with Gasteiger partial charge < -0.3 is 20.6 Å². The number of quaternary nitrogens is 1. The maximum atomic E-state index is 9.30. The van der Waals surface area contributed by atoms with E-state index < -0.39 is 5.54 Å². The zero-order valence-electron chi connectivity index (χ0n) is 11.9. The Bertz CT molecular complexity index is 527. The molecule has 0 spiro atoms. The summed E-state index contributed by atoms with van der Waals surface area (Å²) in [7, 11) is 0. The van der Waals surface area contributed by atoms with Gasteiger partial charge in [0.05, 0.1) is 0 Å². The van der Waals surface area contributed by atoms with Gasteiger partial charge >= 0.3 is 0 Å². The largest absolute Gasteiger partial charge is 0.390 e. The summed E-state index contributed by atoms with van der Waals surface area (Å²) in [6.45, 7) is -0.191. The van der Waals surface area contributed by atoms with E-state index in [2.05, 4.69) is 24.3 Å². The third kappa shape index (κ3) is 3.89. The van der Waals surface area contributed by atoms with Crippen LogP contribution in [-0.4, -0.2) is 40.7 Å². The Hall–Kier alpha value is -1.72. The molecule has 4 heteroatoms. The third-order valence-electron chi connectivity index (χ3n) is 3.78. The van der Waals surface area contributed by atoms with Crippen molar-refractivity contribution in [2.24, 2.45) is 0 Å². The molecule has 0 fully saturated rings. The molecule has 0 aliphatic rings. The average Bonchev–Trinajstić information content (AvgIpc) is 2.58. The second kappa shape index (κ2) is 7.33. The van der Waals surface area contributed by atoms with Gasteiger partial charge in [-0.15, -0.1) is 0 Å². The minimum atomic E-state index is -0.919. The highest BCUT2D eigenvalue weighted by Gasteiger charge is 2.31. The number of rotatable bonds is 7. The van der Waals surface area contributed by atoms with Crippen LogP contribution in [0.2, 0.25) is 0 Å². The monoisotopic (exact) mass is 288 g/mol. The molecule has 5 N–H and O–H groups in total. The van der Waals surface area contributed by atoms with Crippen LogP contribution in [0.5, 0.6) is 0 Å². The molecule has 0 atom stereocenters. The van der Waals surface area contributed by atoms with E-state index in [-0.39, 0.29) is 19.8 Å². The first-order valence-corrected chi connectivity index (χ1v) is 7.04. The van der Waals surface area contributed by atoms with E-state index in [4.69, 9.17) is 0 Å². The van der Waals surface area contributed by atoms with Crippen molar-refractivity contribution < 1.29 is 20.6 Å². The van der Waals surface area contributed by atoms with Gasteiger partial charge in [0.1, 0.15) is 26.4 Å². The van der Waals surface area contributed by atoms with Crippen molar-refractivity contribution >= 4 is 0 Å². The van der Waals surface area contributed by atoms with E-state index in [1.165, 1.54) is 5.56 Å². The predicted molar refractivity (Wildman–Crippen MR) is 81.5 cm³/mol. The second-order valence-corrected chi connectivity index (χ2v) is 5.31. The van der Waals surface area contributed by atoms with Crippen LogP contribution in [-0.2, 0) is 6.54 Å². The molecule has 2 aromatic rings. The van der Waals surface area contributed by atoms with E-state index in [1.807, 2.05) is 30.3 Å². The summed E-state index contributed by atoms with van der Waals surface area (Å²) in [4.78, 5) is 0. The minimum absolute atomic E-state index is 0.262. The lowest BCUT2D eigenvalue weighted by molar-refractivity contribution is -0.746. The molecule has 112 valence electrons. The quantitative estimate of drug-likeness (QED) is 0.585. The SMILES string of the molecule is OCC(CO)(CO)[NH2+]Cc1ccc(-c2ccccc2)cc1. The van der Waals surface area contributed by atoms with Crippen LogP contribution in [0.25, 0.3) is 11.1 Å². The molecular weight excluding hydrogens is 266 g/mol. The van der Waals surface area contributed by atoms with Gasteiger partial charge in [0.2, 0.25) is 0 Å². The smallest absolute Gasteiger partial charge is 0.166 e. The van der Waals surface area contributed by atoms with Crippen LogP contribution >= 0.6 is 0 Å². The molecule has 0 saturated heterocycles. The summed E-state index contributed by atoms with van der Waals surface area (Å²) in [6, 6.07) is 18.3. The fourth-order valence-electron chi connectivity index (χ4n) is 2.14. The number of hydrogen-bond acceptors (Lipinski definition) is 3. The summed E-state index contributed by atoms with van der Waals surface area (Å²) < 4.78 is 0. The highest BCUT2D eigenvalue weighted by Crippen LogP contribution is 2.18. The first kappa shape index (κ1) is 15.7. The molecule has 4 nitrogen and oxygen atoms in total. The summed E-state index contributed by atoms with van der Waals surface area (Å²) in [5, 5.41) is 29.7. The van der Waals surface area contributed by atoms with Gasteiger partial charge in [0.25, 0.3) is 0 Å². The van der Waals surface area contributed by atoms with Crippen molar-refractivity contribution in [2.75, 3.05) is 19.8 Å². The van der Waals surface area contributed by atoms with Gasteiger partial charge in [0, 0.05) is 5.56 Å². The van der Waals surface area contributed by atoms with Gasteiger partial charge in [-0.3, -0.25) is 0 Å². The molecule has 0 bridgehead atoms. The second-order valence-electron chi connectivity index (χ2n) is 5.31. The first-order chi connectivity index (χ1) is 10.2. The topological polar surface area (TPSA) is 77.3 Å². The summed E-state index contributed by atoms with van der Waals surface area (Å²) >= 11 is 0. The van der Waals surface area contributed by atoms with Gasteiger partial charge in [-0.05, 0) is 11.1 Å². The molecule has 0 heterocycles. The van der Waals surface area contributed by atoms with Crippen LogP contribution in [0.4, 0.5) is 0 Å². The number of hydrogen-bond donors (Lipinski definition) is 4. The van der Waals surface area contributed by atoms with Gasteiger partial charge in [0.15, 0.2) is 5.54 Å². The number of aliphatic hydroxyl groups excluding tert-OH is 3. The van der Waals surface area contributed by atoms with Gasteiger partial charge in [-0.1, -0.05) is 54.6 Å². The minimum Gasteiger partial charge on any atom is -0.390 e. The molecule has 0 saturated carbocycles. The van der Waals surface area contributed by atoms with E-state index in [1.54, 1.807) is 5.32 Å². The summed E-state index contributed by atoms with van der Waals surface area (Å²) in [6.07, 6.45) is 0. The molecule has 2 aromatic carbocycles. The van der Waals surface area contributed by atoms with Crippen molar-refractivity contribution in [3.8, 4) is 11.1 Å². The predicted octanol–water partition coefficient (Wildman–Crippen LogP) is 0.133. The van der Waals surface area contributed by atoms with Crippen molar-refractivity contribution in [3.05, 3.63) is 60.2 Å². The maximum Gasteiger partial charge on any atom is 0.166 e. The van der Waals surface area contributed by atoms with E-state index in [0.717, 1.165) is 11.1 Å². The number of benzene rings is 2. The van der Waals surface area contributed by atoms with E-state index >= 15 is 0 Å². The molecule has 0 radical (unpaired) electrons. The molecule has 0 aromatic heterocycles. The normalized spacial score (nSPS) is 11.6. The lowest BCUT2D eigenvalue weighted by Crippen LogP contribution is -2.99. The Kier molecular flexibility index (Phi) is 5.47. The Balaban J connectivity index is 2.03. The fraction of sp³-hybridized carbons (Fsp3) is 0.294. The first-order valence-electron chi connectivity index (χ1n) is 7.04. The van der Waals surface area contributed by atoms with Crippen LogP contribution < -0.4 is 5.32 Å². The summed E-state index contributed by atoms with van der Waals surface area (Å²) in [5.41, 5.74) is 2.48. The van der Waals surface area contributed by atoms with Crippen LogP contribution in [0.15, 0.2) is 54.6 Å². The molecule has 2 rings (SSSR count). The van der Waals surface area contributed by atoms with Gasteiger partial charge in [-0.2, -0.15) is 0 Å². The Morgan fingerprint density at radius 3 is 1.76 bits per heavy atom. The maximum absolute atomic E-state index is 9.30. The van der Waals surface area contributed by atoms with E-state index in [0.29, 0.717) is 6.54 Å². The lowest BCUT2D eigenvalue weighted by Gasteiger charge is -2.25. The molecule has 0 amide bonds. The van der Waals surface area contributed by atoms with E-state index in [9.17, 15) is 15.3 Å². The Morgan fingerprint density at radius 2 is 1.24 bits per heavy atom. The summed E-state index contributed by atoms with van der Waals surface area (Å²) in [5.74, 6) is 0. The molecule has 21 heavy (non-hydrogen) atoms. The molecule has 0 unspecified atom stereocenters. The van der Waals surface area contributed by atoms with Crippen molar-refractivity contribution in [3.63, 3.8) is 0 Å². The zero-order chi connectivity index (χ0) is 15.1. The van der Waals surface area contributed by atoms with Crippen LogP contribution in [0, 0.1) is 0 Å². The highest BCUT2D eigenvalue weighted by molar-refractivity contribution is 5.63. The standard InChI is InChI=1S/C17H21NO3/c19-11-17(12-20,13-21)18-10-14-6-8-16(9-7-14)15-4-2-1-3-5-15/h1-9,18-21H,10-13H2/p+1. The Labute approximate surface area is 124 Å². The molecular formula is C17H22NO3+. The van der Waals surface area contributed by atoms with Crippen LogP contribution in [0.1, 0.15) is 5.56 Å². The van der Waals surface area contributed by atoms with Crippen molar-refractivity contribution in [2.45, 2.75) is 12.1 Å². The van der Waals surface area contributed by atoms with Crippen LogP contribution in [0.3, 0.4) is 0 Å². The average molecular weight is 288 g/mol. The Morgan fingerprint density at radius 1 is 0.714 bits per heavy atom. The highest BCUT2D eigenvalue weighted by atomic mass is 16.3. The van der Waals surface area contributed by atoms with Gasteiger partial charge in [-0.25, -0.2) is 0 Å². The van der Waals surface area contributed by atoms with Crippen molar-refractivity contribution in [1.82, 2.24) is 0 Å². The number of aliphatic hydroxyl groups is 3. The third-order valence-corrected chi connectivity index (χ3v) is 3.78. The lowest BCUT2D eigenvalue weighted by atomic mass is 10.0. The fourth-order valence-corrected chi connectivity index (χ4v) is 2.14.